The van der Waals surface area contributed by atoms with Crippen LogP contribution in [-0.4, -0.2) is 22.0 Å². The average molecular weight is 270 g/mol. The molecule has 0 amide bonds. The molecule has 0 saturated carbocycles. The molecule has 1 heterocycles. The highest BCUT2D eigenvalue weighted by Gasteiger charge is 2.02. The molecular weight excluding hydrogens is 254 g/mol. The zero-order valence-corrected chi connectivity index (χ0v) is 11.1. The third-order valence-corrected chi connectivity index (χ3v) is 2.45. The summed E-state index contributed by atoms with van der Waals surface area (Å²) in [5, 5.41) is 16.8. The number of phenolic OH excluding ortho intramolecular Hbond substituents is 1. The van der Waals surface area contributed by atoms with Crippen LogP contribution in [0.15, 0.2) is 30.6 Å². The first-order valence-corrected chi connectivity index (χ1v) is 5.27. The number of aromatic hydroxyl groups is 1. The molecule has 0 aliphatic rings. The van der Waals surface area contributed by atoms with Gasteiger partial charge in [0.05, 0.1) is 19.0 Å². The van der Waals surface area contributed by atoms with E-state index in [4.69, 9.17) is 4.74 Å². The van der Waals surface area contributed by atoms with Crippen LogP contribution in [0.5, 0.6) is 11.5 Å². The standard InChI is InChI=1S/C12H15N3O2.ClH/c1-15-8-10(7-14-15)13-6-9-3-4-11(16)12(5-9)17-2;/h3-5,7-8,13,16H,6H2,1-2H3;1H. The molecule has 1 aromatic carbocycles. The molecule has 0 unspecified atom stereocenters. The lowest BCUT2D eigenvalue weighted by Crippen LogP contribution is -1.98. The molecule has 98 valence electrons. The lowest BCUT2D eigenvalue weighted by molar-refractivity contribution is 0.373. The summed E-state index contributed by atoms with van der Waals surface area (Å²) in [6.45, 7) is 0.655. The van der Waals surface area contributed by atoms with Crippen LogP contribution < -0.4 is 10.1 Å². The van der Waals surface area contributed by atoms with E-state index < -0.39 is 0 Å². The highest BCUT2D eigenvalue weighted by Crippen LogP contribution is 2.26. The highest BCUT2D eigenvalue weighted by atomic mass is 35.5. The monoisotopic (exact) mass is 269 g/mol. The fourth-order valence-corrected chi connectivity index (χ4v) is 1.55. The van der Waals surface area contributed by atoms with Gasteiger partial charge in [-0.25, -0.2) is 0 Å². The zero-order valence-electron chi connectivity index (χ0n) is 10.3. The van der Waals surface area contributed by atoms with Crippen LogP contribution in [0, 0.1) is 0 Å². The smallest absolute Gasteiger partial charge is 0.160 e. The van der Waals surface area contributed by atoms with Crippen molar-refractivity contribution in [3.8, 4) is 11.5 Å². The largest absolute Gasteiger partial charge is 0.504 e. The van der Waals surface area contributed by atoms with E-state index in [0.717, 1.165) is 11.3 Å². The Morgan fingerprint density at radius 3 is 2.83 bits per heavy atom. The third kappa shape index (κ3) is 3.30. The number of benzene rings is 1. The van der Waals surface area contributed by atoms with Crippen LogP contribution in [0.25, 0.3) is 0 Å². The first-order valence-electron chi connectivity index (χ1n) is 5.27. The maximum Gasteiger partial charge on any atom is 0.160 e. The van der Waals surface area contributed by atoms with E-state index in [1.807, 2.05) is 19.3 Å². The SMILES string of the molecule is COc1cc(CNc2cnn(C)c2)ccc1O.Cl. The Morgan fingerprint density at radius 2 is 2.22 bits per heavy atom. The summed E-state index contributed by atoms with van der Waals surface area (Å²) < 4.78 is 6.78. The van der Waals surface area contributed by atoms with E-state index in [2.05, 4.69) is 10.4 Å². The molecule has 0 radical (unpaired) electrons. The van der Waals surface area contributed by atoms with Crippen molar-refractivity contribution >= 4 is 18.1 Å². The third-order valence-electron chi connectivity index (χ3n) is 2.45. The normalized spacial score (nSPS) is 9.67. The fraction of sp³-hybridized carbons (Fsp3) is 0.250. The summed E-state index contributed by atoms with van der Waals surface area (Å²) in [7, 11) is 3.40. The van der Waals surface area contributed by atoms with Crippen LogP contribution >= 0.6 is 12.4 Å². The molecule has 0 bridgehead atoms. The van der Waals surface area contributed by atoms with E-state index in [-0.39, 0.29) is 18.2 Å². The van der Waals surface area contributed by atoms with Gasteiger partial charge in [0.15, 0.2) is 11.5 Å². The Labute approximate surface area is 112 Å². The molecule has 0 atom stereocenters. The van der Waals surface area contributed by atoms with E-state index in [9.17, 15) is 5.11 Å². The second-order valence-electron chi connectivity index (χ2n) is 3.76. The summed E-state index contributed by atoms with van der Waals surface area (Å²) in [6, 6.07) is 5.28. The van der Waals surface area contributed by atoms with Crippen molar-refractivity contribution in [2.75, 3.05) is 12.4 Å². The van der Waals surface area contributed by atoms with E-state index in [1.54, 1.807) is 23.0 Å². The number of hydrogen-bond acceptors (Lipinski definition) is 4. The first-order chi connectivity index (χ1) is 8.19. The van der Waals surface area contributed by atoms with Gasteiger partial charge < -0.3 is 15.2 Å². The maximum absolute atomic E-state index is 9.46. The van der Waals surface area contributed by atoms with Gasteiger partial charge in [0.1, 0.15) is 0 Å². The molecule has 0 aliphatic heterocycles. The molecule has 0 fully saturated rings. The molecule has 5 nitrogen and oxygen atoms in total. The van der Waals surface area contributed by atoms with Gasteiger partial charge in [-0.05, 0) is 17.7 Å². The quantitative estimate of drug-likeness (QED) is 0.893. The Hall–Kier alpha value is -1.88. The van der Waals surface area contributed by atoms with Crippen molar-refractivity contribution in [2.45, 2.75) is 6.54 Å². The van der Waals surface area contributed by atoms with Crippen LogP contribution in [0.1, 0.15) is 5.56 Å². The topological polar surface area (TPSA) is 59.3 Å². The number of phenols is 1. The number of nitrogens with zero attached hydrogens (tertiary/aromatic N) is 2. The van der Waals surface area contributed by atoms with Crippen molar-refractivity contribution in [3.05, 3.63) is 36.2 Å². The van der Waals surface area contributed by atoms with Gasteiger partial charge in [-0.15, -0.1) is 12.4 Å². The van der Waals surface area contributed by atoms with E-state index >= 15 is 0 Å². The van der Waals surface area contributed by atoms with Crippen LogP contribution in [0.2, 0.25) is 0 Å². The van der Waals surface area contributed by atoms with Crippen molar-refractivity contribution in [1.29, 1.82) is 0 Å². The molecule has 2 aromatic rings. The number of aryl methyl sites for hydroxylation is 1. The maximum atomic E-state index is 9.46. The number of nitrogens with one attached hydrogen (secondary N) is 1. The van der Waals surface area contributed by atoms with Gasteiger partial charge in [-0.1, -0.05) is 6.07 Å². The summed E-state index contributed by atoms with van der Waals surface area (Å²) in [5.74, 6) is 0.633. The molecule has 6 heteroatoms. The van der Waals surface area contributed by atoms with Gasteiger partial charge >= 0.3 is 0 Å². The number of rotatable bonds is 4. The Balaban J connectivity index is 0.00000162. The molecule has 2 rings (SSSR count). The minimum Gasteiger partial charge on any atom is -0.504 e. The Bertz CT molecular complexity index is 514. The minimum atomic E-state index is 0. The molecular formula is C12H16ClN3O2. The van der Waals surface area contributed by atoms with Gasteiger partial charge in [0.2, 0.25) is 0 Å². The van der Waals surface area contributed by atoms with Crippen molar-refractivity contribution < 1.29 is 9.84 Å². The van der Waals surface area contributed by atoms with Crippen LogP contribution in [0.3, 0.4) is 0 Å². The number of methoxy groups -OCH3 is 1. The molecule has 18 heavy (non-hydrogen) atoms. The van der Waals surface area contributed by atoms with Crippen LogP contribution in [-0.2, 0) is 13.6 Å². The number of anilines is 1. The van der Waals surface area contributed by atoms with E-state index in [0.29, 0.717) is 12.3 Å². The lowest BCUT2D eigenvalue weighted by atomic mass is 10.2. The van der Waals surface area contributed by atoms with E-state index in [1.165, 1.54) is 7.11 Å². The molecule has 1 aromatic heterocycles. The van der Waals surface area contributed by atoms with Crippen molar-refractivity contribution in [1.82, 2.24) is 9.78 Å². The Kier molecular flexibility index (Phi) is 4.85. The Morgan fingerprint density at radius 1 is 1.44 bits per heavy atom. The van der Waals surface area contributed by atoms with Gasteiger partial charge in [0.25, 0.3) is 0 Å². The molecule has 2 N–H and O–H groups in total. The van der Waals surface area contributed by atoms with Crippen molar-refractivity contribution in [3.63, 3.8) is 0 Å². The summed E-state index contributed by atoms with van der Waals surface area (Å²) in [4.78, 5) is 0. The number of ether oxygens (including phenoxy) is 1. The average Bonchev–Trinajstić information content (AvgIpc) is 2.74. The zero-order chi connectivity index (χ0) is 12.3. The second kappa shape index (κ2) is 6.16. The van der Waals surface area contributed by atoms with Crippen molar-refractivity contribution in [2.24, 2.45) is 7.05 Å². The minimum absolute atomic E-state index is 0. The fourth-order valence-electron chi connectivity index (χ4n) is 1.55. The number of halogens is 1. The predicted molar refractivity (Wildman–Crippen MR) is 72.4 cm³/mol. The number of hydrogen-bond donors (Lipinski definition) is 2. The molecule has 0 spiro atoms. The summed E-state index contributed by atoms with van der Waals surface area (Å²) >= 11 is 0. The summed E-state index contributed by atoms with van der Waals surface area (Å²) in [6.07, 6.45) is 3.66. The highest BCUT2D eigenvalue weighted by molar-refractivity contribution is 5.85. The summed E-state index contributed by atoms with van der Waals surface area (Å²) in [5.41, 5.74) is 1.99. The first kappa shape index (κ1) is 14.2. The van der Waals surface area contributed by atoms with Gasteiger partial charge in [-0.3, -0.25) is 4.68 Å². The second-order valence-corrected chi connectivity index (χ2v) is 3.76. The van der Waals surface area contributed by atoms with Gasteiger partial charge in [0, 0.05) is 19.8 Å². The predicted octanol–water partition coefficient (Wildman–Crippen LogP) is 2.17. The van der Waals surface area contributed by atoms with Crippen LogP contribution in [0.4, 0.5) is 5.69 Å². The molecule has 0 aliphatic carbocycles. The number of aromatic nitrogens is 2. The van der Waals surface area contributed by atoms with Gasteiger partial charge in [-0.2, -0.15) is 5.10 Å². The lowest BCUT2D eigenvalue weighted by Gasteiger charge is -2.07. The molecule has 0 saturated heterocycles.